The van der Waals surface area contributed by atoms with Crippen LogP contribution < -0.4 is 10.6 Å². The molecule has 0 aliphatic heterocycles. The van der Waals surface area contributed by atoms with E-state index in [4.69, 9.17) is 4.98 Å². The zero-order valence-corrected chi connectivity index (χ0v) is 15.9. The predicted molar refractivity (Wildman–Crippen MR) is 106 cm³/mol. The summed E-state index contributed by atoms with van der Waals surface area (Å²) in [6.07, 6.45) is 0.355. The summed E-state index contributed by atoms with van der Waals surface area (Å²) >= 11 is 3.25. The van der Waals surface area contributed by atoms with Crippen molar-refractivity contribution in [3.63, 3.8) is 0 Å². The molecule has 6 heteroatoms. The second kappa shape index (κ2) is 8.38. The van der Waals surface area contributed by atoms with Crippen molar-refractivity contribution in [2.24, 2.45) is 0 Å². The molecule has 130 valence electrons. The molecule has 1 amide bonds. The van der Waals surface area contributed by atoms with Crippen LogP contribution in [0.15, 0.2) is 47.8 Å². The van der Waals surface area contributed by atoms with Gasteiger partial charge in [0.1, 0.15) is 5.01 Å². The number of carbonyl (C=O) groups excluding carboxylic acids is 1. The van der Waals surface area contributed by atoms with E-state index in [1.54, 1.807) is 22.7 Å². The number of nitrogens with one attached hydrogen (secondary N) is 2. The number of carbonyl (C=O) groups is 1. The lowest BCUT2D eigenvalue weighted by Gasteiger charge is -2.11. The second-order valence-corrected chi connectivity index (χ2v) is 7.84. The lowest BCUT2D eigenvalue weighted by atomic mass is 10.2. The topological polar surface area (TPSA) is 54.0 Å². The van der Waals surface area contributed by atoms with Gasteiger partial charge in [0.15, 0.2) is 0 Å². The van der Waals surface area contributed by atoms with E-state index in [2.05, 4.69) is 28.8 Å². The van der Waals surface area contributed by atoms with E-state index >= 15 is 0 Å². The van der Waals surface area contributed by atoms with Gasteiger partial charge in [-0.1, -0.05) is 36.4 Å². The largest absolute Gasteiger partial charge is 0.354 e. The maximum Gasteiger partial charge on any atom is 0.225 e. The van der Waals surface area contributed by atoms with Crippen LogP contribution in [-0.4, -0.2) is 30.5 Å². The normalized spacial score (nSPS) is 12.1. The van der Waals surface area contributed by atoms with Crippen LogP contribution in [0.2, 0.25) is 0 Å². The molecule has 0 radical (unpaired) electrons. The van der Waals surface area contributed by atoms with Crippen molar-refractivity contribution in [3.8, 4) is 21.1 Å². The Kier molecular flexibility index (Phi) is 5.96. The first-order valence-electron chi connectivity index (χ1n) is 8.20. The van der Waals surface area contributed by atoms with Gasteiger partial charge in [0, 0.05) is 23.0 Å². The number of thiophene rings is 1. The monoisotopic (exact) mass is 371 g/mol. The fourth-order valence-electron chi connectivity index (χ4n) is 2.36. The summed E-state index contributed by atoms with van der Waals surface area (Å²) in [5.41, 5.74) is 2.01. The number of thiazole rings is 1. The SMILES string of the molecule is CNC(C)CNC(=O)Cc1sc(-c2ccccc2)nc1-c1cccs1. The molecule has 0 bridgehead atoms. The third-order valence-corrected chi connectivity index (χ3v) is 5.87. The molecule has 25 heavy (non-hydrogen) atoms. The predicted octanol–water partition coefficient (Wildman–Crippen LogP) is 3.81. The zero-order valence-electron chi connectivity index (χ0n) is 14.3. The van der Waals surface area contributed by atoms with Crippen molar-refractivity contribution in [2.75, 3.05) is 13.6 Å². The van der Waals surface area contributed by atoms with Crippen LogP contribution in [-0.2, 0) is 11.2 Å². The third-order valence-electron chi connectivity index (χ3n) is 3.89. The molecule has 2 N–H and O–H groups in total. The minimum Gasteiger partial charge on any atom is -0.354 e. The fourth-order valence-corrected chi connectivity index (χ4v) is 4.24. The van der Waals surface area contributed by atoms with Crippen molar-refractivity contribution in [1.82, 2.24) is 15.6 Å². The lowest BCUT2D eigenvalue weighted by Crippen LogP contribution is -2.37. The van der Waals surface area contributed by atoms with Gasteiger partial charge in [-0.2, -0.15) is 0 Å². The first kappa shape index (κ1) is 17.8. The summed E-state index contributed by atoms with van der Waals surface area (Å²) < 4.78 is 0. The Bertz CT molecular complexity index is 813. The third kappa shape index (κ3) is 4.54. The molecule has 0 aliphatic carbocycles. The van der Waals surface area contributed by atoms with Gasteiger partial charge in [-0.05, 0) is 25.4 Å². The fraction of sp³-hybridized carbons (Fsp3) is 0.263. The number of hydrogen-bond donors (Lipinski definition) is 2. The Morgan fingerprint density at radius 1 is 1.20 bits per heavy atom. The molecular formula is C19H21N3OS2. The smallest absolute Gasteiger partial charge is 0.225 e. The first-order chi connectivity index (χ1) is 12.2. The van der Waals surface area contributed by atoms with Crippen molar-refractivity contribution >= 4 is 28.6 Å². The average molecular weight is 372 g/mol. The molecule has 3 aromatic rings. The molecule has 0 aliphatic rings. The average Bonchev–Trinajstić information content (AvgIpc) is 3.30. The molecule has 0 saturated heterocycles. The van der Waals surface area contributed by atoms with Gasteiger partial charge < -0.3 is 10.6 Å². The summed E-state index contributed by atoms with van der Waals surface area (Å²) in [6, 6.07) is 14.4. The van der Waals surface area contributed by atoms with E-state index in [0.29, 0.717) is 13.0 Å². The van der Waals surface area contributed by atoms with Gasteiger partial charge in [0.25, 0.3) is 0 Å². The van der Waals surface area contributed by atoms with Gasteiger partial charge in [0.05, 0.1) is 17.0 Å². The number of hydrogen-bond acceptors (Lipinski definition) is 5. The molecule has 3 rings (SSSR count). The quantitative estimate of drug-likeness (QED) is 0.664. The Balaban J connectivity index is 1.84. The molecule has 1 aromatic carbocycles. The highest BCUT2D eigenvalue weighted by molar-refractivity contribution is 7.17. The van der Waals surface area contributed by atoms with Crippen molar-refractivity contribution in [1.29, 1.82) is 0 Å². The van der Waals surface area contributed by atoms with Crippen molar-refractivity contribution < 1.29 is 4.79 Å². The molecule has 0 fully saturated rings. The van der Waals surface area contributed by atoms with Gasteiger partial charge in [-0.15, -0.1) is 22.7 Å². The Morgan fingerprint density at radius 3 is 2.68 bits per heavy atom. The maximum absolute atomic E-state index is 12.3. The zero-order chi connectivity index (χ0) is 17.6. The van der Waals surface area contributed by atoms with Crippen LogP contribution in [0.4, 0.5) is 0 Å². The lowest BCUT2D eigenvalue weighted by molar-refractivity contribution is -0.120. The van der Waals surface area contributed by atoms with Gasteiger partial charge >= 0.3 is 0 Å². The highest BCUT2D eigenvalue weighted by atomic mass is 32.1. The minimum atomic E-state index is 0.0307. The van der Waals surface area contributed by atoms with Crippen molar-refractivity contribution in [2.45, 2.75) is 19.4 Å². The van der Waals surface area contributed by atoms with E-state index in [9.17, 15) is 4.79 Å². The number of benzene rings is 1. The number of amides is 1. The van der Waals surface area contributed by atoms with E-state index < -0.39 is 0 Å². The maximum atomic E-state index is 12.3. The Hall–Kier alpha value is -2.02. The number of rotatable bonds is 7. The van der Waals surface area contributed by atoms with E-state index in [1.807, 2.05) is 43.6 Å². The molecule has 0 saturated carbocycles. The highest BCUT2D eigenvalue weighted by Crippen LogP contribution is 2.36. The Labute approximate surface area is 155 Å². The molecule has 2 aromatic heterocycles. The van der Waals surface area contributed by atoms with E-state index in [1.165, 1.54) is 0 Å². The number of likely N-dealkylation sites (N-methyl/N-ethyl adjacent to an activating group) is 1. The van der Waals surface area contributed by atoms with Crippen LogP contribution in [0.3, 0.4) is 0 Å². The molecule has 1 unspecified atom stereocenters. The summed E-state index contributed by atoms with van der Waals surface area (Å²) in [6.45, 7) is 2.66. The summed E-state index contributed by atoms with van der Waals surface area (Å²) in [5, 5.41) is 9.10. The Morgan fingerprint density at radius 2 is 2.00 bits per heavy atom. The van der Waals surface area contributed by atoms with Crippen LogP contribution in [0, 0.1) is 0 Å². The summed E-state index contributed by atoms with van der Waals surface area (Å²) in [4.78, 5) is 19.3. The van der Waals surface area contributed by atoms with Crippen LogP contribution in [0.5, 0.6) is 0 Å². The molecule has 1 atom stereocenters. The molecule has 2 heterocycles. The van der Waals surface area contributed by atoms with Crippen LogP contribution in [0.25, 0.3) is 21.1 Å². The molecule has 4 nitrogen and oxygen atoms in total. The molecule has 0 spiro atoms. The van der Waals surface area contributed by atoms with Crippen LogP contribution in [0.1, 0.15) is 11.8 Å². The van der Waals surface area contributed by atoms with Crippen LogP contribution >= 0.6 is 22.7 Å². The molecular weight excluding hydrogens is 350 g/mol. The minimum absolute atomic E-state index is 0.0307. The number of nitrogens with zero attached hydrogens (tertiary/aromatic N) is 1. The van der Waals surface area contributed by atoms with Crippen molar-refractivity contribution in [3.05, 3.63) is 52.7 Å². The summed E-state index contributed by atoms with van der Waals surface area (Å²) in [7, 11) is 1.89. The number of aromatic nitrogens is 1. The van der Waals surface area contributed by atoms with E-state index in [0.717, 1.165) is 26.0 Å². The second-order valence-electron chi connectivity index (χ2n) is 5.80. The van der Waals surface area contributed by atoms with Gasteiger partial charge in [-0.3, -0.25) is 4.79 Å². The standard InChI is InChI=1S/C19H21N3OS2/c1-13(20-2)12-21-17(23)11-16-18(15-9-6-10-24-15)22-19(25-16)14-7-4-3-5-8-14/h3-10,13,20H,11-12H2,1-2H3,(H,21,23). The highest BCUT2D eigenvalue weighted by Gasteiger charge is 2.17. The van der Waals surface area contributed by atoms with Gasteiger partial charge in [-0.25, -0.2) is 4.98 Å². The van der Waals surface area contributed by atoms with Gasteiger partial charge in [0.2, 0.25) is 5.91 Å². The first-order valence-corrected chi connectivity index (χ1v) is 9.90. The summed E-state index contributed by atoms with van der Waals surface area (Å²) in [5.74, 6) is 0.0307. The van der Waals surface area contributed by atoms with E-state index in [-0.39, 0.29) is 11.9 Å².